The maximum atomic E-state index is 13.3. The molecule has 1 saturated heterocycles. The lowest BCUT2D eigenvalue weighted by Crippen LogP contribution is -2.31. The number of nitrogens with zero attached hydrogens (tertiary/aromatic N) is 1. The van der Waals surface area contributed by atoms with Gasteiger partial charge in [-0.25, -0.2) is 4.21 Å². The molecule has 0 amide bonds. The lowest BCUT2D eigenvalue weighted by Gasteiger charge is -2.23. The van der Waals surface area contributed by atoms with Crippen LogP contribution in [-0.2, 0) is 26.1 Å². The first kappa shape index (κ1) is 18.8. The quantitative estimate of drug-likeness (QED) is 0.595. The molecule has 3 atom stereocenters. The molecular formula is C21H25NO3S. The highest BCUT2D eigenvalue weighted by atomic mass is 32.2. The van der Waals surface area contributed by atoms with Gasteiger partial charge in [0.25, 0.3) is 0 Å². The van der Waals surface area contributed by atoms with Crippen LogP contribution in [0.5, 0.6) is 0 Å². The Labute approximate surface area is 157 Å². The van der Waals surface area contributed by atoms with Gasteiger partial charge in [-0.3, -0.25) is 4.79 Å². The fourth-order valence-corrected chi connectivity index (χ4v) is 4.94. The molecule has 0 saturated carbocycles. The first-order valence-electron chi connectivity index (χ1n) is 8.84. The molecule has 1 aliphatic rings. The van der Waals surface area contributed by atoms with Crippen LogP contribution in [0.1, 0.15) is 38.8 Å². The first-order chi connectivity index (χ1) is 12.3. The van der Waals surface area contributed by atoms with Gasteiger partial charge >= 0.3 is 5.97 Å². The van der Waals surface area contributed by atoms with E-state index in [0.717, 1.165) is 11.1 Å². The molecule has 0 spiro atoms. The highest BCUT2D eigenvalue weighted by molar-refractivity contribution is 7.84. The second kappa shape index (κ2) is 6.97. The number of hydrogen-bond acceptors (Lipinski definition) is 3. The topological polar surface area (TPSA) is 46.4 Å². The van der Waals surface area contributed by atoms with Crippen molar-refractivity contribution >= 4 is 17.0 Å². The van der Waals surface area contributed by atoms with Gasteiger partial charge in [0, 0.05) is 0 Å². The van der Waals surface area contributed by atoms with E-state index in [1.165, 1.54) is 0 Å². The predicted molar refractivity (Wildman–Crippen MR) is 104 cm³/mol. The van der Waals surface area contributed by atoms with Crippen LogP contribution in [0, 0.1) is 0 Å². The second-order valence-corrected chi connectivity index (χ2v) is 9.46. The Morgan fingerprint density at radius 3 is 1.88 bits per heavy atom. The SMILES string of the molecule is CCOC(=O)[C@H]1N([S@@](=O)C(C)(C)C)C1(c1ccccc1)c1ccccc1. The fourth-order valence-electron chi connectivity index (χ4n) is 3.40. The van der Waals surface area contributed by atoms with Crippen LogP contribution in [-0.4, -0.2) is 31.9 Å². The summed E-state index contributed by atoms with van der Waals surface area (Å²) in [5.74, 6) is -0.335. The van der Waals surface area contributed by atoms with E-state index in [9.17, 15) is 9.00 Å². The summed E-state index contributed by atoms with van der Waals surface area (Å²) in [4.78, 5) is 12.8. The maximum Gasteiger partial charge on any atom is 0.327 e. The van der Waals surface area contributed by atoms with Crippen molar-refractivity contribution in [3.8, 4) is 0 Å². The van der Waals surface area contributed by atoms with E-state index in [-0.39, 0.29) is 5.97 Å². The van der Waals surface area contributed by atoms with Crippen LogP contribution in [0.3, 0.4) is 0 Å². The van der Waals surface area contributed by atoms with E-state index in [4.69, 9.17) is 4.74 Å². The van der Waals surface area contributed by atoms with Crippen LogP contribution in [0.2, 0.25) is 0 Å². The molecule has 0 bridgehead atoms. The van der Waals surface area contributed by atoms with Crippen LogP contribution in [0.4, 0.5) is 0 Å². The molecule has 0 N–H and O–H groups in total. The maximum absolute atomic E-state index is 13.3. The Morgan fingerprint density at radius 2 is 1.50 bits per heavy atom. The summed E-state index contributed by atoms with van der Waals surface area (Å²) in [6, 6.07) is 19.0. The minimum atomic E-state index is -1.37. The van der Waals surface area contributed by atoms with E-state index in [1.807, 2.05) is 81.4 Å². The van der Waals surface area contributed by atoms with E-state index in [0.29, 0.717) is 6.61 Å². The minimum Gasteiger partial charge on any atom is -0.465 e. The number of carbonyl (C=O) groups excluding carboxylic acids is 1. The average molecular weight is 372 g/mol. The largest absolute Gasteiger partial charge is 0.465 e. The molecule has 0 aliphatic carbocycles. The normalized spacial score (nSPS) is 22.5. The van der Waals surface area contributed by atoms with Crippen molar-refractivity contribution in [1.82, 2.24) is 4.31 Å². The van der Waals surface area contributed by atoms with Crippen molar-refractivity contribution in [3.63, 3.8) is 0 Å². The summed E-state index contributed by atoms with van der Waals surface area (Å²) in [7, 11) is -1.37. The van der Waals surface area contributed by atoms with E-state index in [1.54, 1.807) is 11.2 Å². The van der Waals surface area contributed by atoms with E-state index < -0.39 is 27.3 Å². The highest BCUT2D eigenvalue weighted by Crippen LogP contribution is 2.57. The lowest BCUT2D eigenvalue weighted by molar-refractivity contribution is -0.143. The minimum absolute atomic E-state index is 0.297. The van der Waals surface area contributed by atoms with Gasteiger partial charge in [-0.1, -0.05) is 60.7 Å². The van der Waals surface area contributed by atoms with Gasteiger partial charge in [0.1, 0.15) is 22.6 Å². The Balaban J connectivity index is 2.20. The third-order valence-electron chi connectivity index (χ3n) is 4.55. The number of esters is 1. The number of rotatable bonds is 5. The third-order valence-corrected chi connectivity index (χ3v) is 6.45. The third kappa shape index (κ3) is 2.99. The average Bonchev–Trinajstić information content (AvgIpc) is 3.33. The summed E-state index contributed by atoms with van der Waals surface area (Å²) >= 11 is 0. The molecule has 0 aromatic heterocycles. The fraction of sp³-hybridized carbons (Fsp3) is 0.381. The Hall–Kier alpha value is -1.98. The summed E-state index contributed by atoms with van der Waals surface area (Å²) < 4.78 is 20.0. The van der Waals surface area contributed by atoms with Gasteiger partial charge in [0.05, 0.1) is 11.4 Å². The zero-order valence-corrected chi connectivity index (χ0v) is 16.5. The van der Waals surface area contributed by atoms with Gasteiger partial charge in [0.15, 0.2) is 0 Å². The molecule has 138 valence electrons. The van der Waals surface area contributed by atoms with Crippen LogP contribution < -0.4 is 0 Å². The number of carbonyl (C=O) groups is 1. The molecular weight excluding hydrogens is 346 g/mol. The summed E-state index contributed by atoms with van der Waals surface area (Å²) in [6.07, 6.45) is 0. The molecule has 1 unspecified atom stereocenters. The molecule has 26 heavy (non-hydrogen) atoms. The van der Waals surface area contributed by atoms with Gasteiger partial charge in [-0.15, -0.1) is 0 Å². The number of hydrogen-bond donors (Lipinski definition) is 0. The molecule has 2 aromatic rings. The van der Waals surface area contributed by atoms with Crippen LogP contribution in [0.15, 0.2) is 60.7 Å². The number of benzene rings is 2. The summed E-state index contributed by atoms with van der Waals surface area (Å²) in [5, 5.41) is 0. The van der Waals surface area contributed by atoms with Crippen LogP contribution >= 0.6 is 0 Å². The van der Waals surface area contributed by atoms with E-state index in [2.05, 4.69) is 0 Å². The second-order valence-electron chi connectivity index (χ2n) is 7.34. The lowest BCUT2D eigenvalue weighted by atomic mass is 9.87. The van der Waals surface area contributed by atoms with Crippen molar-refractivity contribution in [3.05, 3.63) is 71.8 Å². The Bertz CT molecular complexity index is 760. The van der Waals surface area contributed by atoms with Crippen molar-refractivity contribution in [2.24, 2.45) is 0 Å². The van der Waals surface area contributed by atoms with Crippen molar-refractivity contribution in [1.29, 1.82) is 0 Å². The van der Waals surface area contributed by atoms with Crippen molar-refractivity contribution in [2.75, 3.05) is 6.61 Å². The number of ether oxygens (including phenoxy) is 1. The van der Waals surface area contributed by atoms with Crippen molar-refractivity contribution < 1.29 is 13.7 Å². The molecule has 0 radical (unpaired) electrons. The summed E-state index contributed by atoms with van der Waals surface area (Å²) in [5.41, 5.74) is 1.12. The van der Waals surface area contributed by atoms with Gasteiger partial charge in [-0.2, -0.15) is 4.31 Å². The zero-order chi connectivity index (χ0) is 18.9. The van der Waals surface area contributed by atoms with Gasteiger partial charge < -0.3 is 4.74 Å². The Morgan fingerprint density at radius 1 is 1.04 bits per heavy atom. The Kier molecular flexibility index (Phi) is 5.04. The van der Waals surface area contributed by atoms with Crippen molar-refractivity contribution in [2.45, 2.75) is 44.0 Å². The summed E-state index contributed by atoms with van der Waals surface area (Å²) in [6.45, 7) is 7.85. The molecule has 1 heterocycles. The monoisotopic (exact) mass is 371 g/mol. The molecule has 1 aliphatic heterocycles. The highest BCUT2D eigenvalue weighted by Gasteiger charge is 2.72. The standard InChI is InChI=1S/C21H25NO3S/c1-5-25-19(23)18-21(16-12-8-6-9-13-16,17-14-10-7-11-15-17)22(18)26(24)20(2,3)4/h6-15,18H,5H2,1-4H3/t18-,22?,26+/m1/s1. The smallest absolute Gasteiger partial charge is 0.327 e. The molecule has 4 nitrogen and oxygen atoms in total. The van der Waals surface area contributed by atoms with Crippen LogP contribution in [0.25, 0.3) is 0 Å². The molecule has 2 aromatic carbocycles. The molecule has 3 rings (SSSR count). The molecule has 1 fully saturated rings. The van der Waals surface area contributed by atoms with E-state index >= 15 is 0 Å². The molecule has 5 heteroatoms. The van der Waals surface area contributed by atoms with Gasteiger partial charge in [-0.05, 0) is 38.8 Å². The first-order valence-corrected chi connectivity index (χ1v) is 9.94. The zero-order valence-electron chi connectivity index (χ0n) is 15.6. The van der Waals surface area contributed by atoms with Gasteiger partial charge in [0.2, 0.25) is 0 Å². The predicted octanol–water partition coefficient (Wildman–Crippen LogP) is 3.64.